The summed E-state index contributed by atoms with van der Waals surface area (Å²) in [6.07, 6.45) is 0.840. The second-order valence-electron chi connectivity index (χ2n) is 5.11. The molecule has 0 spiro atoms. The van der Waals surface area contributed by atoms with Crippen LogP contribution in [-0.4, -0.2) is 24.3 Å². The standard InChI is InChI=1S/C15H17NO4/c1-9-7-13(9)15(19)20-8-14(18)16-12-5-3-11(4-6-12)10(2)17/h3-6,9,13H,7-8H2,1-2H3,(H,16,18)/t9-,13+/m0/s1. The van der Waals surface area contributed by atoms with E-state index in [0.717, 1.165) is 6.42 Å². The lowest BCUT2D eigenvalue weighted by molar-refractivity contribution is -0.148. The highest BCUT2D eigenvalue weighted by Gasteiger charge is 2.40. The van der Waals surface area contributed by atoms with Gasteiger partial charge in [0.25, 0.3) is 5.91 Å². The molecule has 0 heterocycles. The Balaban J connectivity index is 1.79. The number of carbonyl (C=O) groups is 3. The predicted octanol–water partition coefficient (Wildman–Crippen LogP) is 2.03. The van der Waals surface area contributed by atoms with Crippen LogP contribution in [0, 0.1) is 11.8 Å². The van der Waals surface area contributed by atoms with E-state index in [-0.39, 0.29) is 30.2 Å². The lowest BCUT2D eigenvalue weighted by atomic mass is 10.1. The number of anilines is 1. The zero-order valence-electron chi connectivity index (χ0n) is 11.5. The highest BCUT2D eigenvalue weighted by molar-refractivity contribution is 5.96. The largest absolute Gasteiger partial charge is 0.455 e. The van der Waals surface area contributed by atoms with E-state index in [1.807, 2.05) is 6.92 Å². The highest BCUT2D eigenvalue weighted by atomic mass is 16.5. The maximum Gasteiger partial charge on any atom is 0.309 e. The smallest absolute Gasteiger partial charge is 0.309 e. The number of hydrogen-bond donors (Lipinski definition) is 1. The molecule has 5 heteroatoms. The van der Waals surface area contributed by atoms with Gasteiger partial charge in [-0.3, -0.25) is 14.4 Å². The van der Waals surface area contributed by atoms with Gasteiger partial charge < -0.3 is 10.1 Å². The van der Waals surface area contributed by atoms with Crippen LogP contribution in [0.25, 0.3) is 0 Å². The number of ketones is 1. The first-order valence-electron chi connectivity index (χ1n) is 6.55. The number of carbonyl (C=O) groups excluding carboxylic acids is 3. The summed E-state index contributed by atoms with van der Waals surface area (Å²) < 4.78 is 4.93. The van der Waals surface area contributed by atoms with Gasteiger partial charge >= 0.3 is 5.97 Å². The summed E-state index contributed by atoms with van der Waals surface area (Å²) in [7, 11) is 0. The van der Waals surface area contributed by atoms with E-state index >= 15 is 0 Å². The van der Waals surface area contributed by atoms with Crippen molar-refractivity contribution in [1.82, 2.24) is 0 Å². The van der Waals surface area contributed by atoms with Crippen LogP contribution in [0.2, 0.25) is 0 Å². The maximum absolute atomic E-state index is 11.6. The molecule has 1 fully saturated rings. The van der Waals surface area contributed by atoms with Crippen LogP contribution in [0.4, 0.5) is 5.69 Å². The fourth-order valence-corrected chi connectivity index (χ4v) is 1.88. The van der Waals surface area contributed by atoms with Crippen molar-refractivity contribution in [2.24, 2.45) is 11.8 Å². The lowest BCUT2D eigenvalue weighted by Gasteiger charge is -2.06. The fourth-order valence-electron chi connectivity index (χ4n) is 1.88. The second-order valence-corrected chi connectivity index (χ2v) is 5.11. The number of ether oxygens (including phenoxy) is 1. The Hall–Kier alpha value is -2.17. The Morgan fingerprint density at radius 1 is 1.25 bits per heavy atom. The average molecular weight is 275 g/mol. The van der Waals surface area contributed by atoms with E-state index < -0.39 is 0 Å². The van der Waals surface area contributed by atoms with Gasteiger partial charge in [-0.05, 0) is 43.5 Å². The molecule has 20 heavy (non-hydrogen) atoms. The van der Waals surface area contributed by atoms with Gasteiger partial charge in [0.05, 0.1) is 5.92 Å². The Morgan fingerprint density at radius 3 is 2.35 bits per heavy atom. The first-order chi connectivity index (χ1) is 9.47. The van der Waals surface area contributed by atoms with Gasteiger partial charge in [0.1, 0.15) is 0 Å². The number of hydrogen-bond acceptors (Lipinski definition) is 4. The van der Waals surface area contributed by atoms with E-state index in [0.29, 0.717) is 17.2 Å². The molecule has 106 valence electrons. The first-order valence-corrected chi connectivity index (χ1v) is 6.55. The topological polar surface area (TPSA) is 72.5 Å². The van der Waals surface area contributed by atoms with E-state index in [4.69, 9.17) is 4.74 Å². The predicted molar refractivity (Wildman–Crippen MR) is 73.3 cm³/mol. The summed E-state index contributed by atoms with van der Waals surface area (Å²) in [6.45, 7) is 3.17. The minimum atomic E-state index is -0.387. The third-order valence-corrected chi connectivity index (χ3v) is 3.33. The van der Waals surface area contributed by atoms with Crippen LogP contribution < -0.4 is 5.32 Å². The van der Waals surface area contributed by atoms with Crippen molar-refractivity contribution in [3.63, 3.8) is 0 Å². The van der Waals surface area contributed by atoms with E-state index in [9.17, 15) is 14.4 Å². The monoisotopic (exact) mass is 275 g/mol. The van der Waals surface area contributed by atoms with Gasteiger partial charge in [0.2, 0.25) is 0 Å². The SMILES string of the molecule is CC(=O)c1ccc(NC(=O)COC(=O)[C@@H]2C[C@@H]2C)cc1. The van der Waals surface area contributed by atoms with Crippen LogP contribution in [0.1, 0.15) is 30.6 Å². The molecule has 0 bridgehead atoms. The summed E-state index contributed by atoms with van der Waals surface area (Å²) in [6, 6.07) is 6.55. The number of amides is 1. The third kappa shape index (κ3) is 3.66. The van der Waals surface area contributed by atoms with Crippen molar-refractivity contribution in [1.29, 1.82) is 0 Å². The Morgan fingerprint density at radius 2 is 1.85 bits per heavy atom. The molecule has 1 aromatic carbocycles. The quantitative estimate of drug-likeness (QED) is 0.659. The second kappa shape index (κ2) is 5.86. The number of esters is 1. The summed E-state index contributed by atoms with van der Waals surface area (Å²) >= 11 is 0. The van der Waals surface area contributed by atoms with Crippen molar-refractivity contribution in [3.8, 4) is 0 Å². The summed E-state index contributed by atoms with van der Waals surface area (Å²) in [5.41, 5.74) is 1.15. The summed E-state index contributed by atoms with van der Waals surface area (Å²) in [5.74, 6) is -0.403. The van der Waals surface area contributed by atoms with Gasteiger partial charge in [0.15, 0.2) is 12.4 Å². The van der Waals surface area contributed by atoms with E-state index in [2.05, 4.69) is 5.32 Å². The minimum absolute atomic E-state index is 0.0321. The van der Waals surface area contributed by atoms with Crippen LogP contribution in [0.3, 0.4) is 0 Å². The van der Waals surface area contributed by atoms with Crippen molar-refractivity contribution in [2.45, 2.75) is 20.3 Å². The Kier molecular flexibility index (Phi) is 4.17. The van der Waals surface area contributed by atoms with Gasteiger partial charge in [-0.1, -0.05) is 6.92 Å². The molecule has 2 atom stereocenters. The molecule has 5 nitrogen and oxygen atoms in total. The molecule has 0 radical (unpaired) electrons. The maximum atomic E-state index is 11.6. The molecule has 0 aliphatic heterocycles. The molecule has 0 unspecified atom stereocenters. The van der Waals surface area contributed by atoms with Crippen LogP contribution in [0.15, 0.2) is 24.3 Å². The van der Waals surface area contributed by atoms with E-state index in [1.54, 1.807) is 24.3 Å². The Labute approximate surface area is 117 Å². The molecule has 1 aliphatic rings. The number of Topliss-reactive ketones (excluding diaryl/α,β-unsaturated/α-hetero) is 1. The molecular formula is C15H17NO4. The summed E-state index contributed by atoms with van der Waals surface area (Å²) in [4.78, 5) is 34.2. The molecule has 1 amide bonds. The molecule has 2 rings (SSSR count). The molecule has 1 aromatic rings. The third-order valence-electron chi connectivity index (χ3n) is 3.33. The van der Waals surface area contributed by atoms with Crippen molar-refractivity contribution < 1.29 is 19.1 Å². The summed E-state index contributed by atoms with van der Waals surface area (Å²) in [5, 5.41) is 2.61. The first kappa shape index (κ1) is 14.2. The minimum Gasteiger partial charge on any atom is -0.455 e. The number of rotatable bonds is 5. The normalized spacial score (nSPS) is 20.1. The fraction of sp³-hybridized carbons (Fsp3) is 0.400. The van der Waals surface area contributed by atoms with E-state index in [1.165, 1.54) is 6.92 Å². The van der Waals surface area contributed by atoms with Gasteiger partial charge in [-0.15, -0.1) is 0 Å². The van der Waals surface area contributed by atoms with Gasteiger partial charge in [-0.2, -0.15) is 0 Å². The molecule has 0 saturated heterocycles. The van der Waals surface area contributed by atoms with Crippen molar-refractivity contribution >= 4 is 23.3 Å². The molecular weight excluding hydrogens is 258 g/mol. The van der Waals surface area contributed by atoms with Crippen molar-refractivity contribution in [3.05, 3.63) is 29.8 Å². The zero-order valence-corrected chi connectivity index (χ0v) is 11.5. The number of benzene rings is 1. The van der Waals surface area contributed by atoms with Gasteiger partial charge in [-0.25, -0.2) is 0 Å². The van der Waals surface area contributed by atoms with Gasteiger partial charge in [0, 0.05) is 11.3 Å². The highest BCUT2D eigenvalue weighted by Crippen LogP contribution is 2.38. The number of nitrogens with one attached hydrogen (secondary N) is 1. The molecule has 1 aliphatic carbocycles. The molecule has 0 aromatic heterocycles. The average Bonchev–Trinajstić information content (AvgIpc) is 3.14. The lowest BCUT2D eigenvalue weighted by Crippen LogP contribution is -2.21. The van der Waals surface area contributed by atoms with Crippen LogP contribution >= 0.6 is 0 Å². The molecule has 1 N–H and O–H groups in total. The molecule has 1 saturated carbocycles. The zero-order chi connectivity index (χ0) is 14.7. The Bertz CT molecular complexity index is 535. The van der Waals surface area contributed by atoms with Crippen LogP contribution in [-0.2, 0) is 14.3 Å². The van der Waals surface area contributed by atoms with Crippen LogP contribution in [0.5, 0.6) is 0 Å². The van der Waals surface area contributed by atoms with Crippen molar-refractivity contribution in [2.75, 3.05) is 11.9 Å².